The summed E-state index contributed by atoms with van der Waals surface area (Å²) in [6.45, 7) is 8.92. The van der Waals surface area contributed by atoms with E-state index in [1.165, 1.54) is 43.4 Å². The average Bonchev–Trinajstić information content (AvgIpc) is 2.98. The predicted molar refractivity (Wildman–Crippen MR) is 101 cm³/mol. The Labute approximate surface area is 150 Å². The molecule has 1 atom stereocenters. The number of nitrogens with zero attached hydrogens (tertiary/aromatic N) is 1. The molecule has 0 saturated heterocycles. The Morgan fingerprint density at radius 1 is 0.833 bits per heavy atom. The summed E-state index contributed by atoms with van der Waals surface area (Å²) >= 11 is 1.56. The van der Waals surface area contributed by atoms with E-state index < -0.39 is 0 Å². The fraction of sp³-hybridized carbons (Fsp3) is 0.700. The number of thiophene rings is 1. The fourth-order valence-electron chi connectivity index (χ4n) is 3.66. The van der Waals surface area contributed by atoms with Crippen molar-refractivity contribution in [3.63, 3.8) is 0 Å². The number of aryl methyl sites for hydroxylation is 2. The van der Waals surface area contributed by atoms with E-state index in [-0.39, 0.29) is 11.8 Å². The van der Waals surface area contributed by atoms with Crippen LogP contribution in [-0.4, -0.2) is 23.3 Å². The Hall–Kier alpha value is -1.16. The van der Waals surface area contributed by atoms with Gasteiger partial charge in [0, 0.05) is 16.3 Å². The van der Waals surface area contributed by atoms with E-state index in [4.69, 9.17) is 0 Å². The lowest BCUT2D eigenvalue weighted by atomic mass is 9.94. The molecule has 0 bridgehead atoms. The van der Waals surface area contributed by atoms with Crippen LogP contribution in [0.5, 0.6) is 0 Å². The van der Waals surface area contributed by atoms with Crippen molar-refractivity contribution in [3.05, 3.63) is 20.9 Å². The van der Waals surface area contributed by atoms with Crippen molar-refractivity contribution in [2.45, 2.75) is 79.1 Å². The lowest BCUT2D eigenvalue weighted by Crippen LogP contribution is -2.35. The molecule has 1 aliphatic rings. The van der Waals surface area contributed by atoms with Crippen LogP contribution in [0.25, 0.3) is 0 Å². The molecule has 2 amide bonds. The second-order valence-corrected chi connectivity index (χ2v) is 8.47. The second kappa shape index (κ2) is 8.80. The van der Waals surface area contributed by atoms with E-state index in [0.717, 1.165) is 22.6 Å². The van der Waals surface area contributed by atoms with Gasteiger partial charge in [0.2, 0.25) is 0 Å². The molecule has 1 unspecified atom stereocenters. The first-order chi connectivity index (χ1) is 11.5. The van der Waals surface area contributed by atoms with Gasteiger partial charge in [0.25, 0.3) is 11.8 Å². The summed E-state index contributed by atoms with van der Waals surface area (Å²) < 4.78 is 0. The molecule has 0 radical (unpaired) electrons. The monoisotopic (exact) mass is 349 g/mol. The third kappa shape index (κ3) is 4.08. The van der Waals surface area contributed by atoms with Crippen molar-refractivity contribution in [3.8, 4) is 0 Å². The molecule has 0 fully saturated rings. The van der Waals surface area contributed by atoms with Gasteiger partial charge in [0.05, 0.1) is 11.1 Å². The van der Waals surface area contributed by atoms with Gasteiger partial charge in [-0.25, -0.2) is 0 Å². The maximum atomic E-state index is 12.7. The summed E-state index contributed by atoms with van der Waals surface area (Å²) in [7, 11) is 0. The summed E-state index contributed by atoms with van der Waals surface area (Å²) in [5.41, 5.74) is 1.34. The Balaban J connectivity index is 2.04. The quantitative estimate of drug-likeness (QED) is 0.399. The Morgan fingerprint density at radius 2 is 1.38 bits per heavy atom. The first-order valence-corrected chi connectivity index (χ1v) is 10.3. The van der Waals surface area contributed by atoms with Crippen molar-refractivity contribution in [2.24, 2.45) is 5.92 Å². The van der Waals surface area contributed by atoms with Crippen molar-refractivity contribution in [1.29, 1.82) is 0 Å². The van der Waals surface area contributed by atoms with Crippen molar-refractivity contribution in [2.75, 3.05) is 6.54 Å². The third-order valence-electron chi connectivity index (χ3n) is 5.05. The topological polar surface area (TPSA) is 37.4 Å². The molecule has 0 aliphatic carbocycles. The number of carbonyl (C=O) groups is 2. The van der Waals surface area contributed by atoms with Gasteiger partial charge < -0.3 is 0 Å². The van der Waals surface area contributed by atoms with Crippen LogP contribution < -0.4 is 0 Å². The molecule has 134 valence electrons. The highest BCUT2D eigenvalue weighted by molar-refractivity contribution is 7.12. The molecule has 1 aromatic rings. The van der Waals surface area contributed by atoms with Gasteiger partial charge in [0.1, 0.15) is 0 Å². The lowest BCUT2D eigenvalue weighted by Gasteiger charge is -2.23. The molecule has 24 heavy (non-hydrogen) atoms. The lowest BCUT2D eigenvalue weighted by molar-refractivity contribution is 0.0621. The van der Waals surface area contributed by atoms with E-state index in [9.17, 15) is 9.59 Å². The van der Waals surface area contributed by atoms with E-state index in [2.05, 4.69) is 13.8 Å². The predicted octanol–water partition coefficient (Wildman–Crippen LogP) is 5.74. The normalized spacial score (nSPS) is 15.2. The summed E-state index contributed by atoms with van der Waals surface area (Å²) in [6.07, 6.45) is 9.56. The molecule has 0 spiro atoms. The minimum atomic E-state index is -0.0630. The highest BCUT2D eigenvalue weighted by Crippen LogP contribution is 2.35. The first-order valence-electron chi connectivity index (χ1n) is 9.47. The number of rotatable bonds is 10. The van der Waals surface area contributed by atoms with Gasteiger partial charge >= 0.3 is 0 Å². The number of hydrogen-bond acceptors (Lipinski definition) is 3. The van der Waals surface area contributed by atoms with Gasteiger partial charge in [0.15, 0.2) is 0 Å². The standard InChI is InChI=1S/C20H31NO2S/c1-5-7-9-10-12-16(11-8-6-2)13-21-19(22)17-14(3)24-15(4)18(17)20(21)23/h16H,5-13H2,1-4H3. The SMILES string of the molecule is CCCCCCC(CCCC)CN1C(=O)c2c(C)sc(C)c2C1=O. The fourth-order valence-corrected chi connectivity index (χ4v) is 4.71. The minimum absolute atomic E-state index is 0.0630. The molecule has 0 saturated carbocycles. The van der Waals surface area contributed by atoms with Crippen LogP contribution in [-0.2, 0) is 0 Å². The molecule has 2 heterocycles. The Morgan fingerprint density at radius 3 is 1.92 bits per heavy atom. The largest absolute Gasteiger partial charge is 0.274 e. The zero-order valence-corrected chi connectivity index (χ0v) is 16.4. The molecule has 1 aromatic heterocycles. The zero-order chi connectivity index (χ0) is 17.7. The molecule has 2 rings (SSSR count). The van der Waals surface area contributed by atoms with Crippen LogP contribution in [0.3, 0.4) is 0 Å². The van der Waals surface area contributed by atoms with Gasteiger partial charge in [-0.15, -0.1) is 11.3 Å². The van der Waals surface area contributed by atoms with Gasteiger partial charge in [-0.3, -0.25) is 14.5 Å². The van der Waals surface area contributed by atoms with Crippen LogP contribution in [0.4, 0.5) is 0 Å². The number of fused-ring (bicyclic) bond motifs is 1. The minimum Gasteiger partial charge on any atom is -0.274 e. The maximum Gasteiger partial charge on any atom is 0.262 e. The van der Waals surface area contributed by atoms with Crippen molar-refractivity contribution >= 4 is 23.2 Å². The maximum absolute atomic E-state index is 12.7. The van der Waals surface area contributed by atoms with Crippen LogP contribution in [0.15, 0.2) is 0 Å². The number of amides is 2. The molecule has 4 heteroatoms. The van der Waals surface area contributed by atoms with E-state index in [1.54, 1.807) is 11.3 Å². The van der Waals surface area contributed by atoms with Crippen molar-refractivity contribution < 1.29 is 9.59 Å². The summed E-state index contributed by atoms with van der Waals surface area (Å²) in [6, 6.07) is 0. The molecule has 0 N–H and O–H groups in total. The zero-order valence-electron chi connectivity index (χ0n) is 15.6. The number of unbranched alkanes of at least 4 members (excludes halogenated alkanes) is 4. The number of hydrogen-bond donors (Lipinski definition) is 0. The van der Waals surface area contributed by atoms with Crippen LogP contribution in [0, 0.1) is 19.8 Å². The first kappa shape index (κ1) is 19.2. The van der Waals surface area contributed by atoms with Crippen LogP contribution >= 0.6 is 11.3 Å². The van der Waals surface area contributed by atoms with Gasteiger partial charge in [-0.05, 0) is 32.6 Å². The Kier molecular flexibility index (Phi) is 7.02. The van der Waals surface area contributed by atoms with Gasteiger partial charge in [-0.2, -0.15) is 0 Å². The van der Waals surface area contributed by atoms with E-state index >= 15 is 0 Å². The van der Waals surface area contributed by atoms with Crippen LogP contribution in [0.1, 0.15) is 95.7 Å². The average molecular weight is 350 g/mol. The highest BCUT2D eigenvalue weighted by Gasteiger charge is 2.40. The van der Waals surface area contributed by atoms with Gasteiger partial charge in [-0.1, -0.05) is 52.4 Å². The molecule has 1 aliphatic heterocycles. The number of imide groups is 1. The number of carbonyl (C=O) groups excluding carboxylic acids is 2. The summed E-state index contributed by atoms with van der Waals surface area (Å²) in [4.78, 5) is 29.0. The summed E-state index contributed by atoms with van der Waals surface area (Å²) in [5.74, 6) is 0.321. The Bertz CT molecular complexity index is 554. The molecular weight excluding hydrogens is 318 g/mol. The molecule has 3 nitrogen and oxygen atoms in total. The van der Waals surface area contributed by atoms with Crippen LogP contribution in [0.2, 0.25) is 0 Å². The van der Waals surface area contributed by atoms with Crippen molar-refractivity contribution in [1.82, 2.24) is 4.90 Å². The smallest absolute Gasteiger partial charge is 0.262 e. The highest BCUT2D eigenvalue weighted by atomic mass is 32.1. The molecular formula is C20H31NO2S. The molecule has 0 aromatic carbocycles. The third-order valence-corrected chi connectivity index (χ3v) is 6.07. The van der Waals surface area contributed by atoms with E-state index in [1.807, 2.05) is 13.8 Å². The summed E-state index contributed by atoms with van der Waals surface area (Å²) in [5, 5.41) is 0. The second-order valence-electron chi connectivity index (χ2n) is 7.04. The van der Waals surface area contributed by atoms with E-state index in [0.29, 0.717) is 23.6 Å².